The molecule has 0 saturated carbocycles. The lowest BCUT2D eigenvalue weighted by Crippen LogP contribution is -2.55. The standard InChI is InChI=1S/C25H35N7O6/c1-24(2,3)37-20(33)12-11-16(27-23(36)38-25(4,5)6)22(35)32-17-10-8-7-9-15(17)13-18(32)21(34)26-14-19-28-30-31-29-19/h7-10,16,18H,11-14H2,1-6H3,(H,26,34)(H,27,36)(H,28,29,30,31)/t16-,18-/m0/s1. The monoisotopic (exact) mass is 529 g/mol. The molecule has 1 aromatic heterocycles. The number of para-hydroxylation sites is 1. The average Bonchev–Trinajstić information content (AvgIpc) is 3.45. The van der Waals surface area contributed by atoms with Gasteiger partial charge in [-0.1, -0.05) is 23.4 Å². The lowest BCUT2D eigenvalue weighted by Gasteiger charge is -2.30. The molecule has 13 heteroatoms. The number of alkyl carbamates (subject to hydrolysis) is 1. The molecule has 206 valence electrons. The smallest absolute Gasteiger partial charge is 0.408 e. The van der Waals surface area contributed by atoms with Crippen molar-refractivity contribution in [3.05, 3.63) is 35.7 Å². The van der Waals surface area contributed by atoms with Crippen LogP contribution in [0.1, 0.15) is 65.8 Å². The van der Waals surface area contributed by atoms with Gasteiger partial charge in [-0.15, -0.1) is 10.2 Å². The van der Waals surface area contributed by atoms with Crippen molar-refractivity contribution in [2.75, 3.05) is 4.90 Å². The molecule has 0 saturated heterocycles. The zero-order valence-electron chi connectivity index (χ0n) is 22.5. The van der Waals surface area contributed by atoms with E-state index in [2.05, 4.69) is 31.3 Å². The Hall–Kier alpha value is -4.03. The maximum absolute atomic E-state index is 13.9. The summed E-state index contributed by atoms with van der Waals surface area (Å²) in [5.74, 6) is -1.21. The lowest BCUT2D eigenvalue weighted by atomic mass is 10.1. The summed E-state index contributed by atoms with van der Waals surface area (Å²) in [7, 11) is 0. The van der Waals surface area contributed by atoms with E-state index in [4.69, 9.17) is 9.47 Å². The highest BCUT2D eigenvalue weighted by molar-refractivity contribution is 6.06. The van der Waals surface area contributed by atoms with E-state index in [1.54, 1.807) is 53.7 Å². The Kier molecular flexibility index (Phi) is 8.69. The number of carbonyl (C=O) groups excluding carboxylic acids is 4. The van der Waals surface area contributed by atoms with Gasteiger partial charge in [-0.05, 0) is 59.6 Å². The van der Waals surface area contributed by atoms with Gasteiger partial charge in [-0.2, -0.15) is 5.21 Å². The van der Waals surface area contributed by atoms with Crippen molar-refractivity contribution in [1.29, 1.82) is 0 Å². The molecule has 0 aliphatic carbocycles. The van der Waals surface area contributed by atoms with E-state index in [-0.39, 0.29) is 31.6 Å². The number of amides is 3. The summed E-state index contributed by atoms with van der Waals surface area (Å²) in [5.41, 5.74) is -0.166. The van der Waals surface area contributed by atoms with Crippen LogP contribution in [0.4, 0.5) is 10.5 Å². The quantitative estimate of drug-likeness (QED) is 0.432. The normalized spacial score (nSPS) is 15.8. The van der Waals surface area contributed by atoms with Crippen LogP contribution < -0.4 is 15.5 Å². The lowest BCUT2D eigenvalue weighted by molar-refractivity contribution is -0.155. The number of aromatic amines is 1. The Labute approximate surface area is 221 Å². The van der Waals surface area contributed by atoms with Gasteiger partial charge in [0.05, 0.1) is 6.54 Å². The Morgan fingerprint density at radius 2 is 1.76 bits per heavy atom. The van der Waals surface area contributed by atoms with Crippen molar-refractivity contribution in [2.24, 2.45) is 0 Å². The van der Waals surface area contributed by atoms with Crippen LogP contribution in [-0.4, -0.2) is 67.8 Å². The molecule has 13 nitrogen and oxygen atoms in total. The third-order valence-electron chi connectivity index (χ3n) is 5.37. The van der Waals surface area contributed by atoms with Crippen LogP contribution in [0.5, 0.6) is 0 Å². The highest BCUT2D eigenvalue weighted by atomic mass is 16.6. The molecule has 1 aliphatic rings. The maximum atomic E-state index is 13.9. The highest BCUT2D eigenvalue weighted by Gasteiger charge is 2.41. The molecule has 3 amide bonds. The summed E-state index contributed by atoms with van der Waals surface area (Å²) < 4.78 is 10.7. The summed E-state index contributed by atoms with van der Waals surface area (Å²) in [6.45, 7) is 10.3. The van der Waals surface area contributed by atoms with Gasteiger partial charge in [0.25, 0.3) is 0 Å². The van der Waals surface area contributed by atoms with E-state index in [0.717, 1.165) is 5.56 Å². The molecule has 38 heavy (non-hydrogen) atoms. The van der Waals surface area contributed by atoms with Crippen molar-refractivity contribution >= 4 is 29.6 Å². The van der Waals surface area contributed by atoms with Crippen LogP contribution in [0.25, 0.3) is 0 Å². The number of anilines is 1. The summed E-state index contributed by atoms with van der Waals surface area (Å²) in [6.07, 6.45) is -0.729. The Morgan fingerprint density at radius 1 is 1.08 bits per heavy atom. The first-order valence-corrected chi connectivity index (χ1v) is 12.4. The molecule has 0 spiro atoms. The Balaban J connectivity index is 1.84. The van der Waals surface area contributed by atoms with Crippen molar-refractivity contribution in [2.45, 2.75) is 90.6 Å². The summed E-state index contributed by atoms with van der Waals surface area (Å²) in [4.78, 5) is 53.5. The molecular weight excluding hydrogens is 494 g/mol. The average molecular weight is 530 g/mol. The number of aromatic nitrogens is 4. The largest absolute Gasteiger partial charge is 0.460 e. The van der Waals surface area contributed by atoms with E-state index in [1.165, 1.54) is 4.90 Å². The molecule has 0 radical (unpaired) electrons. The minimum absolute atomic E-state index is 0.0163. The summed E-state index contributed by atoms with van der Waals surface area (Å²) in [5, 5.41) is 18.7. The van der Waals surface area contributed by atoms with E-state index >= 15 is 0 Å². The number of fused-ring (bicyclic) bond motifs is 1. The van der Waals surface area contributed by atoms with Crippen LogP contribution in [0.2, 0.25) is 0 Å². The number of rotatable bonds is 8. The first kappa shape index (κ1) is 28.5. The molecule has 2 aromatic rings. The van der Waals surface area contributed by atoms with Gasteiger partial charge in [0.1, 0.15) is 23.3 Å². The molecule has 2 atom stereocenters. The van der Waals surface area contributed by atoms with Gasteiger partial charge in [0.15, 0.2) is 5.82 Å². The molecule has 0 fully saturated rings. The van der Waals surface area contributed by atoms with Crippen LogP contribution in [-0.2, 0) is 36.8 Å². The number of H-pyrrole nitrogens is 1. The molecule has 1 aliphatic heterocycles. The first-order valence-electron chi connectivity index (χ1n) is 12.4. The van der Waals surface area contributed by atoms with Crippen molar-refractivity contribution in [1.82, 2.24) is 31.3 Å². The second kappa shape index (κ2) is 11.6. The van der Waals surface area contributed by atoms with Gasteiger partial charge >= 0.3 is 12.1 Å². The third-order valence-corrected chi connectivity index (χ3v) is 5.37. The zero-order chi connectivity index (χ0) is 28.1. The third kappa shape index (κ3) is 7.98. The van der Waals surface area contributed by atoms with Crippen LogP contribution in [0, 0.1) is 0 Å². The van der Waals surface area contributed by atoms with Crippen LogP contribution in [0.15, 0.2) is 24.3 Å². The van der Waals surface area contributed by atoms with E-state index in [9.17, 15) is 19.2 Å². The van der Waals surface area contributed by atoms with Crippen molar-refractivity contribution < 1.29 is 28.7 Å². The van der Waals surface area contributed by atoms with Crippen molar-refractivity contribution in [3.63, 3.8) is 0 Å². The number of carbonyl (C=O) groups is 4. The summed E-state index contributed by atoms with van der Waals surface area (Å²) in [6, 6.07) is 5.10. The van der Waals surface area contributed by atoms with E-state index in [0.29, 0.717) is 5.69 Å². The molecule has 3 N–H and O–H groups in total. The fraction of sp³-hybridized carbons (Fsp3) is 0.560. The number of hydrogen-bond donors (Lipinski definition) is 3. The number of nitrogens with zero attached hydrogens (tertiary/aromatic N) is 4. The van der Waals surface area contributed by atoms with Gasteiger partial charge in [0.2, 0.25) is 11.8 Å². The van der Waals surface area contributed by atoms with Crippen LogP contribution in [0.3, 0.4) is 0 Å². The fourth-order valence-electron chi connectivity index (χ4n) is 3.94. The molecule has 0 unspecified atom stereocenters. The first-order chi connectivity index (χ1) is 17.7. The van der Waals surface area contributed by atoms with Crippen molar-refractivity contribution in [3.8, 4) is 0 Å². The predicted octanol–water partition coefficient (Wildman–Crippen LogP) is 1.79. The molecule has 1 aromatic carbocycles. The van der Waals surface area contributed by atoms with Crippen LogP contribution >= 0.6 is 0 Å². The molecule has 3 rings (SSSR count). The predicted molar refractivity (Wildman–Crippen MR) is 136 cm³/mol. The minimum atomic E-state index is -1.16. The number of benzene rings is 1. The number of tetrazole rings is 1. The zero-order valence-corrected chi connectivity index (χ0v) is 22.5. The number of ether oxygens (including phenoxy) is 2. The minimum Gasteiger partial charge on any atom is -0.460 e. The van der Waals surface area contributed by atoms with E-state index in [1.807, 2.05) is 12.1 Å². The fourth-order valence-corrected chi connectivity index (χ4v) is 3.94. The Morgan fingerprint density at radius 3 is 2.39 bits per heavy atom. The second-order valence-corrected chi connectivity index (χ2v) is 10.9. The van der Waals surface area contributed by atoms with E-state index < -0.39 is 47.2 Å². The topological polar surface area (TPSA) is 168 Å². The summed E-state index contributed by atoms with van der Waals surface area (Å²) >= 11 is 0. The second-order valence-electron chi connectivity index (χ2n) is 10.9. The number of nitrogens with one attached hydrogen (secondary N) is 3. The SMILES string of the molecule is CC(C)(C)OC(=O)CC[C@H](NC(=O)OC(C)(C)C)C(=O)N1c2ccccc2C[C@H]1C(=O)NCc1nn[nH]n1. The molecule has 0 bridgehead atoms. The highest BCUT2D eigenvalue weighted by Crippen LogP contribution is 2.33. The van der Waals surface area contributed by atoms with Gasteiger partial charge in [-0.3, -0.25) is 19.3 Å². The molecular formula is C25H35N7O6. The number of hydrogen-bond acceptors (Lipinski definition) is 9. The molecule has 2 heterocycles. The van der Waals surface area contributed by atoms with Gasteiger partial charge in [-0.25, -0.2) is 4.79 Å². The number of esters is 1. The van der Waals surface area contributed by atoms with Gasteiger partial charge in [0, 0.05) is 18.5 Å². The van der Waals surface area contributed by atoms with Gasteiger partial charge < -0.3 is 20.1 Å². The Bertz CT molecular complexity index is 1150. The maximum Gasteiger partial charge on any atom is 0.408 e.